The molecule has 11 rings (SSSR count). The molecular formula is C64H71N11O8. The van der Waals surface area contributed by atoms with E-state index in [-0.39, 0.29) is 62.3 Å². The van der Waals surface area contributed by atoms with E-state index in [0.29, 0.717) is 53.2 Å². The van der Waals surface area contributed by atoms with Crippen LogP contribution in [-0.4, -0.2) is 142 Å². The van der Waals surface area contributed by atoms with Crippen LogP contribution in [0.2, 0.25) is 0 Å². The Morgan fingerprint density at radius 1 is 0.855 bits per heavy atom. The number of H-pyrrole nitrogens is 1. The van der Waals surface area contributed by atoms with Crippen molar-refractivity contribution in [3.05, 3.63) is 148 Å². The van der Waals surface area contributed by atoms with E-state index in [9.17, 15) is 29.1 Å². The van der Waals surface area contributed by atoms with Gasteiger partial charge in [0, 0.05) is 98.5 Å². The number of anilines is 2. The third-order valence-corrected chi connectivity index (χ3v) is 16.8. The van der Waals surface area contributed by atoms with Crippen LogP contribution in [0.1, 0.15) is 80.7 Å². The van der Waals surface area contributed by atoms with E-state index in [1.165, 1.54) is 12.0 Å². The quantitative estimate of drug-likeness (QED) is 0.0559. The second-order valence-corrected chi connectivity index (χ2v) is 22.4. The van der Waals surface area contributed by atoms with Gasteiger partial charge in [0.05, 0.1) is 49.8 Å². The molecule has 0 bridgehead atoms. The minimum absolute atomic E-state index is 0.00867. The first-order chi connectivity index (χ1) is 40.3. The van der Waals surface area contributed by atoms with Crippen LogP contribution in [0, 0.1) is 11.8 Å². The molecule has 4 aliphatic rings. The highest BCUT2D eigenvalue weighted by molar-refractivity contribution is 6.06. The number of carbonyl (C=O) groups excluding carboxylic acids is 4. The molecule has 1 atom stereocenters. The number of pyridine rings is 1. The molecule has 7 aromatic rings. The highest BCUT2D eigenvalue weighted by Crippen LogP contribution is 2.44. The molecule has 3 aromatic heterocycles. The van der Waals surface area contributed by atoms with E-state index in [4.69, 9.17) is 19.4 Å². The maximum absolute atomic E-state index is 13.8. The summed E-state index contributed by atoms with van der Waals surface area (Å²) in [5, 5.41) is 22.1. The van der Waals surface area contributed by atoms with E-state index in [1.54, 1.807) is 29.9 Å². The molecule has 5 amide bonds. The fourth-order valence-electron chi connectivity index (χ4n) is 11.7. The fourth-order valence-corrected chi connectivity index (χ4v) is 11.7. The van der Waals surface area contributed by atoms with E-state index in [0.717, 1.165) is 108 Å². The van der Waals surface area contributed by atoms with Gasteiger partial charge < -0.3 is 49.9 Å². The van der Waals surface area contributed by atoms with Crippen molar-refractivity contribution in [3.8, 4) is 28.7 Å². The number of amides is 5. The van der Waals surface area contributed by atoms with Crippen molar-refractivity contribution in [3.63, 3.8) is 0 Å². The third kappa shape index (κ3) is 12.4. The molecule has 83 heavy (non-hydrogen) atoms. The van der Waals surface area contributed by atoms with Gasteiger partial charge in [-0.2, -0.15) is 0 Å². The number of ether oxygens (including phenoxy) is 2. The Balaban J connectivity index is 0.707. The van der Waals surface area contributed by atoms with Crippen molar-refractivity contribution in [1.29, 1.82) is 0 Å². The number of aromatic nitrogens is 4. The summed E-state index contributed by atoms with van der Waals surface area (Å²) < 4.78 is 14.2. The van der Waals surface area contributed by atoms with Gasteiger partial charge in [0.25, 0.3) is 5.56 Å². The number of hydrogen-bond acceptors (Lipinski definition) is 13. The zero-order chi connectivity index (χ0) is 57.7. The summed E-state index contributed by atoms with van der Waals surface area (Å²) in [6.45, 7) is 5.33. The normalized spacial score (nSPS) is 17.5. The van der Waals surface area contributed by atoms with Gasteiger partial charge in [-0.15, -0.1) is 0 Å². The number of aliphatic hydroxyl groups excluding tert-OH is 1. The van der Waals surface area contributed by atoms with Crippen LogP contribution in [0.4, 0.5) is 16.4 Å². The molecule has 6 heterocycles. The van der Waals surface area contributed by atoms with Crippen LogP contribution in [0.15, 0.2) is 120 Å². The van der Waals surface area contributed by atoms with Crippen molar-refractivity contribution in [1.82, 2.24) is 45.3 Å². The standard InChI is InChI=1S/C64H71N11O8/c1-63(68-30-10-13-44-16-22-54(82-3)53(37-44)74-34-27-57(79)75(62(74)81)42-67-56(78)39-66-55(77)23-17-43-11-6-4-7-12-43)28-35-72(36-29-63)47-25-32-73(33-26-47)61-69-52-21-18-45(51-40-71(2)60(80)58-49(51)24-31-65-58)38-50(52)59(70-61)64(41-76,83-48-19-20-48)46-14-8-5-9-15-46/h4-9,11-12,14-16,18,21-22,24,31,37-38,40,47-48,65,68,76H,17,19-20,23,25-30,32-36,39,41-42H2,1-3H3,(H,66,77)(H,67,78)/t64-/m0/s1. The summed E-state index contributed by atoms with van der Waals surface area (Å²) in [5.74, 6) is 6.36. The van der Waals surface area contributed by atoms with Crippen LogP contribution >= 0.6 is 0 Å². The Morgan fingerprint density at radius 3 is 2.35 bits per heavy atom. The lowest BCUT2D eigenvalue weighted by atomic mass is 9.87. The van der Waals surface area contributed by atoms with E-state index >= 15 is 0 Å². The molecule has 3 saturated heterocycles. The monoisotopic (exact) mass is 1120 g/mol. The van der Waals surface area contributed by atoms with Crippen molar-refractivity contribution in [2.24, 2.45) is 7.05 Å². The average molecular weight is 1120 g/mol. The molecule has 4 aromatic carbocycles. The molecular weight excluding hydrogens is 1050 g/mol. The van der Waals surface area contributed by atoms with Crippen molar-refractivity contribution in [2.45, 2.75) is 88.0 Å². The van der Waals surface area contributed by atoms with Crippen LogP contribution in [0.3, 0.4) is 0 Å². The zero-order valence-corrected chi connectivity index (χ0v) is 47.3. The second kappa shape index (κ2) is 24.6. The lowest BCUT2D eigenvalue weighted by Gasteiger charge is -2.45. The predicted molar refractivity (Wildman–Crippen MR) is 318 cm³/mol. The number of aliphatic hydroxyl groups is 1. The van der Waals surface area contributed by atoms with E-state index in [1.807, 2.05) is 91.1 Å². The molecule has 1 aliphatic carbocycles. The molecule has 4 fully saturated rings. The van der Waals surface area contributed by atoms with Gasteiger partial charge in [-0.25, -0.2) is 19.7 Å². The van der Waals surface area contributed by atoms with Gasteiger partial charge in [0.2, 0.25) is 23.7 Å². The van der Waals surface area contributed by atoms with Crippen molar-refractivity contribution >= 4 is 57.2 Å². The number of rotatable bonds is 19. The number of methoxy groups -OCH3 is 1. The first kappa shape index (κ1) is 56.5. The Hall–Kier alpha value is -8.41. The Bertz CT molecular complexity index is 3650. The lowest BCUT2D eigenvalue weighted by Crippen LogP contribution is -2.56. The number of carbonyl (C=O) groups is 4. The first-order valence-corrected chi connectivity index (χ1v) is 28.8. The average Bonchev–Trinajstić information content (AvgIpc) is 4.33. The van der Waals surface area contributed by atoms with E-state index < -0.39 is 23.4 Å². The Labute approximate surface area is 482 Å². The third-order valence-electron chi connectivity index (χ3n) is 16.8. The van der Waals surface area contributed by atoms with Crippen molar-refractivity contribution < 1.29 is 33.8 Å². The number of likely N-dealkylation sites (tertiary alicyclic amines) is 1. The van der Waals surface area contributed by atoms with E-state index in [2.05, 4.69) is 55.6 Å². The van der Waals surface area contributed by atoms with Crippen molar-refractivity contribution in [2.75, 3.05) is 76.0 Å². The molecule has 1 saturated carbocycles. The first-order valence-electron chi connectivity index (χ1n) is 28.8. The largest absolute Gasteiger partial charge is 0.495 e. The lowest BCUT2D eigenvalue weighted by molar-refractivity contribution is -0.130. The Morgan fingerprint density at radius 2 is 1.61 bits per heavy atom. The fraction of sp³-hybridized carbons (Fsp3) is 0.391. The number of fused-ring (bicyclic) bond motifs is 2. The Kier molecular flexibility index (Phi) is 16.7. The summed E-state index contributed by atoms with van der Waals surface area (Å²) in [6.07, 6.45) is 10.1. The summed E-state index contributed by atoms with van der Waals surface area (Å²) in [6, 6.07) is 32.7. The molecule has 19 heteroatoms. The number of benzene rings is 4. The van der Waals surface area contributed by atoms with Gasteiger partial charge in [0.1, 0.15) is 17.9 Å². The highest BCUT2D eigenvalue weighted by atomic mass is 16.5. The minimum atomic E-state index is -1.25. The van der Waals surface area contributed by atoms with Crippen LogP contribution in [0.5, 0.6) is 5.75 Å². The number of urea groups is 1. The van der Waals surface area contributed by atoms with Gasteiger partial charge in [-0.3, -0.25) is 24.1 Å². The maximum Gasteiger partial charge on any atom is 0.332 e. The van der Waals surface area contributed by atoms with Crippen LogP contribution in [-0.2, 0) is 38.2 Å². The number of imide groups is 1. The SMILES string of the molecule is COc1ccc(C#CCNC2(C)CCN(C3CCN(c4nc([C@@](CO)(OC5CC5)c5ccccc5)c5cc(-c6cn(C)c(=O)c7[nH]ccc67)ccc5n4)CC3)CC2)cc1N1CCC(=O)N(CNC(=O)CNC(=O)CCc2ccccc2)C1=O. The topological polar surface area (TPSA) is 220 Å². The second-order valence-electron chi connectivity index (χ2n) is 22.4. The summed E-state index contributed by atoms with van der Waals surface area (Å²) in [5.41, 5.74) is 5.20. The van der Waals surface area contributed by atoms with Gasteiger partial charge in [0.15, 0.2) is 5.60 Å². The number of piperidine rings is 2. The number of aryl methyl sites for hydroxylation is 2. The maximum atomic E-state index is 13.8. The molecule has 5 N–H and O–H groups in total. The molecule has 430 valence electrons. The highest BCUT2D eigenvalue weighted by Gasteiger charge is 2.44. The molecule has 3 aliphatic heterocycles. The zero-order valence-electron chi connectivity index (χ0n) is 47.3. The predicted octanol–water partition coefficient (Wildman–Crippen LogP) is 6.35. The molecule has 19 nitrogen and oxygen atoms in total. The summed E-state index contributed by atoms with van der Waals surface area (Å²) in [7, 11) is 3.27. The molecule has 0 spiro atoms. The molecule has 0 radical (unpaired) electrons. The van der Waals surface area contributed by atoms with Crippen LogP contribution < -0.4 is 36.0 Å². The molecule has 0 unspecified atom stereocenters. The number of nitrogens with zero attached hydrogens (tertiary/aromatic N) is 7. The summed E-state index contributed by atoms with van der Waals surface area (Å²) in [4.78, 5) is 86.0. The van der Waals surface area contributed by atoms with Crippen LogP contribution in [0.25, 0.3) is 32.9 Å². The minimum Gasteiger partial charge on any atom is -0.495 e. The smallest absolute Gasteiger partial charge is 0.332 e. The van der Waals surface area contributed by atoms with Gasteiger partial charge >= 0.3 is 6.03 Å². The van der Waals surface area contributed by atoms with Gasteiger partial charge in [-0.05, 0) is 105 Å². The number of nitrogens with one attached hydrogen (secondary N) is 4. The van der Waals surface area contributed by atoms with Gasteiger partial charge in [-0.1, -0.05) is 78.6 Å². The number of hydrogen-bond donors (Lipinski definition) is 5. The number of aromatic amines is 1. The summed E-state index contributed by atoms with van der Waals surface area (Å²) >= 11 is 0.